The number of hydrogen-bond acceptors (Lipinski definition) is 3. The van der Waals surface area contributed by atoms with E-state index in [9.17, 15) is 8.42 Å². The maximum Gasteiger partial charge on any atom is 0.211 e. The van der Waals surface area contributed by atoms with Crippen molar-refractivity contribution in [3.8, 4) is 0 Å². The average Bonchev–Trinajstić information content (AvgIpc) is 2.58. The SMILES string of the molecule is CCNC(=NCC1CCN(S(C)(=O)=O)CC1)NCCCCCCC(C)C. The molecule has 0 atom stereocenters. The summed E-state index contributed by atoms with van der Waals surface area (Å²) in [7, 11) is -3.04. The number of sulfonamides is 1. The summed E-state index contributed by atoms with van der Waals surface area (Å²) in [5.74, 6) is 2.17. The van der Waals surface area contributed by atoms with Crippen molar-refractivity contribution in [2.24, 2.45) is 16.8 Å². The predicted octanol–water partition coefficient (Wildman–Crippen LogP) is 2.82. The van der Waals surface area contributed by atoms with Crippen molar-refractivity contribution < 1.29 is 8.42 Å². The van der Waals surface area contributed by atoms with Gasteiger partial charge in [-0.15, -0.1) is 0 Å². The average molecular weight is 389 g/mol. The van der Waals surface area contributed by atoms with Crippen LogP contribution in [-0.2, 0) is 10.0 Å². The van der Waals surface area contributed by atoms with Crippen molar-refractivity contribution in [2.45, 2.75) is 65.7 Å². The van der Waals surface area contributed by atoms with Gasteiger partial charge in [0, 0.05) is 32.7 Å². The zero-order chi connectivity index (χ0) is 19.4. The van der Waals surface area contributed by atoms with Crippen LogP contribution in [0.15, 0.2) is 4.99 Å². The van der Waals surface area contributed by atoms with Crippen LogP contribution in [0.1, 0.15) is 65.7 Å². The summed E-state index contributed by atoms with van der Waals surface area (Å²) in [5.41, 5.74) is 0. The topological polar surface area (TPSA) is 73.8 Å². The van der Waals surface area contributed by atoms with Crippen LogP contribution in [0, 0.1) is 11.8 Å². The molecule has 1 heterocycles. The summed E-state index contributed by atoms with van der Waals surface area (Å²) in [6.07, 6.45) is 9.50. The lowest BCUT2D eigenvalue weighted by atomic mass is 9.98. The molecular formula is C19H40N4O2S. The highest BCUT2D eigenvalue weighted by atomic mass is 32.2. The molecular weight excluding hydrogens is 348 g/mol. The molecule has 0 spiro atoms. The lowest BCUT2D eigenvalue weighted by Gasteiger charge is -2.29. The first kappa shape index (κ1) is 23.2. The Morgan fingerprint density at radius 1 is 1.12 bits per heavy atom. The third kappa shape index (κ3) is 10.4. The summed E-state index contributed by atoms with van der Waals surface area (Å²) >= 11 is 0. The normalized spacial score (nSPS) is 17.7. The van der Waals surface area contributed by atoms with Gasteiger partial charge in [0.1, 0.15) is 0 Å². The van der Waals surface area contributed by atoms with Crippen LogP contribution in [0.3, 0.4) is 0 Å². The summed E-state index contributed by atoms with van der Waals surface area (Å²) < 4.78 is 24.7. The largest absolute Gasteiger partial charge is 0.357 e. The van der Waals surface area contributed by atoms with Crippen LogP contribution >= 0.6 is 0 Å². The molecule has 2 N–H and O–H groups in total. The van der Waals surface area contributed by atoms with Crippen LogP contribution in [0.25, 0.3) is 0 Å². The minimum Gasteiger partial charge on any atom is -0.357 e. The van der Waals surface area contributed by atoms with Gasteiger partial charge in [0.05, 0.1) is 6.26 Å². The van der Waals surface area contributed by atoms with Crippen molar-refractivity contribution in [1.29, 1.82) is 0 Å². The molecule has 0 amide bonds. The molecule has 0 bridgehead atoms. The zero-order valence-corrected chi connectivity index (χ0v) is 18.1. The Bertz CT molecular complexity index is 498. The zero-order valence-electron chi connectivity index (χ0n) is 17.3. The predicted molar refractivity (Wildman–Crippen MR) is 111 cm³/mol. The highest BCUT2D eigenvalue weighted by Crippen LogP contribution is 2.19. The molecule has 1 aliphatic heterocycles. The molecule has 1 saturated heterocycles. The number of unbranched alkanes of at least 4 members (excludes halogenated alkanes) is 3. The minimum absolute atomic E-state index is 0.472. The van der Waals surface area contributed by atoms with Gasteiger partial charge in [-0.1, -0.05) is 39.5 Å². The lowest BCUT2D eigenvalue weighted by molar-refractivity contribution is 0.280. The molecule has 0 aromatic rings. The van der Waals surface area contributed by atoms with E-state index in [-0.39, 0.29) is 0 Å². The van der Waals surface area contributed by atoms with Gasteiger partial charge < -0.3 is 10.6 Å². The van der Waals surface area contributed by atoms with Gasteiger partial charge in [-0.2, -0.15) is 0 Å². The number of rotatable bonds is 11. The lowest BCUT2D eigenvalue weighted by Crippen LogP contribution is -2.40. The monoisotopic (exact) mass is 388 g/mol. The molecule has 1 fully saturated rings. The molecule has 1 aliphatic rings. The molecule has 0 unspecified atom stereocenters. The standard InChI is InChI=1S/C19H40N4O2S/c1-5-20-19(21-13-9-7-6-8-10-17(2)3)22-16-18-11-14-23(15-12-18)26(4,24)25/h17-18H,5-16H2,1-4H3,(H2,20,21,22). The highest BCUT2D eigenvalue weighted by Gasteiger charge is 2.24. The second-order valence-corrected chi connectivity index (χ2v) is 9.83. The molecule has 6 nitrogen and oxygen atoms in total. The van der Waals surface area contributed by atoms with Gasteiger partial charge in [0.15, 0.2) is 5.96 Å². The summed E-state index contributed by atoms with van der Waals surface area (Å²) in [6.45, 7) is 10.5. The molecule has 1 rings (SSSR count). The maximum absolute atomic E-state index is 11.6. The maximum atomic E-state index is 11.6. The number of nitrogens with zero attached hydrogens (tertiary/aromatic N) is 2. The first-order valence-electron chi connectivity index (χ1n) is 10.3. The molecule has 0 aromatic carbocycles. The van der Waals surface area contributed by atoms with Crippen molar-refractivity contribution in [1.82, 2.24) is 14.9 Å². The first-order chi connectivity index (χ1) is 12.3. The van der Waals surface area contributed by atoms with E-state index >= 15 is 0 Å². The van der Waals surface area contributed by atoms with Crippen molar-refractivity contribution in [2.75, 3.05) is 39.0 Å². The van der Waals surface area contributed by atoms with Gasteiger partial charge in [-0.05, 0) is 38.0 Å². The summed E-state index contributed by atoms with van der Waals surface area (Å²) in [4.78, 5) is 4.71. The Balaban J connectivity index is 2.25. The fraction of sp³-hybridized carbons (Fsp3) is 0.947. The number of nitrogens with one attached hydrogen (secondary N) is 2. The Morgan fingerprint density at radius 2 is 1.77 bits per heavy atom. The molecule has 7 heteroatoms. The Kier molecular flexibility index (Phi) is 11.2. The third-order valence-electron chi connectivity index (χ3n) is 4.90. The molecule has 0 radical (unpaired) electrons. The molecule has 154 valence electrons. The van der Waals surface area contributed by atoms with Crippen LogP contribution in [0.5, 0.6) is 0 Å². The molecule has 0 aliphatic carbocycles. The Labute approximate surface area is 161 Å². The van der Waals surface area contributed by atoms with Crippen LogP contribution < -0.4 is 10.6 Å². The van der Waals surface area contributed by atoms with Crippen LogP contribution in [-0.4, -0.2) is 57.7 Å². The van der Waals surface area contributed by atoms with E-state index in [0.29, 0.717) is 19.0 Å². The van der Waals surface area contributed by atoms with E-state index in [1.165, 1.54) is 38.4 Å². The smallest absolute Gasteiger partial charge is 0.211 e. The fourth-order valence-electron chi connectivity index (χ4n) is 3.22. The number of guanidine groups is 1. The van der Waals surface area contributed by atoms with Gasteiger partial charge in [0.25, 0.3) is 0 Å². The van der Waals surface area contributed by atoms with E-state index in [1.54, 1.807) is 4.31 Å². The highest BCUT2D eigenvalue weighted by molar-refractivity contribution is 7.88. The van der Waals surface area contributed by atoms with E-state index in [4.69, 9.17) is 4.99 Å². The molecule has 26 heavy (non-hydrogen) atoms. The first-order valence-corrected chi connectivity index (χ1v) is 12.1. The Hall–Kier alpha value is -0.820. The van der Waals surface area contributed by atoms with Gasteiger partial charge in [0.2, 0.25) is 10.0 Å². The van der Waals surface area contributed by atoms with E-state index in [0.717, 1.165) is 44.4 Å². The number of piperidine rings is 1. The van der Waals surface area contributed by atoms with Crippen LogP contribution in [0.2, 0.25) is 0 Å². The second kappa shape index (κ2) is 12.5. The summed E-state index contributed by atoms with van der Waals surface area (Å²) in [5, 5.41) is 6.73. The van der Waals surface area contributed by atoms with E-state index < -0.39 is 10.0 Å². The number of hydrogen-bond donors (Lipinski definition) is 2. The van der Waals surface area contributed by atoms with Crippen molar-refractivity contribution in [3.05, 3.63) is 0 Å². The van der Waals surface area contributed by atoms with E-state index in [2.05, 4.69) is 31.4 Å². The van der Waals surface area contributed by atoms with Crippen LogP contribution in [0.4, 0.5) is 0 Å². The van der Waals surface area contributed by atoms with Crippen molar-refractivity contribution in [3.63, 3.8) is 0 Å². The van der Waals surface area contributed by atoms with Gasteiger partial charge in [-0.25, -0.2) is 12.7 Å². The van der Waals surface area contributed by atoms with E-state index in [1.807, 2.05) is 0 Å². The summed E-state index contributed by atoms with van der Waals surface area (Å²) in [6, 6.07) is 0. The third-order valence-corrected chi connectivity index (χ3v) is 6.20. The second-order valence-electron chi connectivity index (χ2n) is 7.85. The van der Waals surface area contributed by atoms with Crippen molar-refractivity contribution >= 4 is 16.0 Å². The van der Waals surface area contributed by atoms with Gasteiger partial charge in [-0.3, -0.25) is 4.99 Å². The minimum atomic E-state index is -3.04. The molecule has 0 saturated carbocycles. The molecule has 0 aromatic heterocycles. The quantitative estimate of drug-likeness (QED) is 0.324. The Morgan fingerprint density at radius 3 is 2.35 bits per heavy atom. The van der Waals surface area contributed by atoms with Gasteiger partial charge >= 0.3 is 0 Å². The fourth-order valence-corrected chi connectivity index (χ4v) is 4.10. The number of aliphatic imine (C=N–C) groups is 1.